The Morgan fingerprint density at radius 3 is 2.60 bits per heavy atom. The molecule has 0 bridgehead atoms. The molecule has 0 rings (SSSR count). The summed E-state index contributed by atoms with van der Waals surface area (Å²) in [4.78, 5) is 9.88. The van der Waals surface area contributed by atoms with E-state index in [2.05, 4.69) is 15.4 Å². The van der Waals surface area contributed by atoms with E-state index in [0.717, 1.165) is 0 Å². The molecular formula is C4H8O4S2. The van der Waals surface area contributed by atoms with Gasteiger partial charge in [-0.2, -0.15) is 0 Å². The van der Waals surface area contributed by atoms with Gasteiger partial charge in [0.2, 0.25) is 0 Å². The van der Waals surface area contributed by atoms with Crippen molar-refractivity contribution >= 4 is 25.9 Å². The van der Waals surface area contributed by atoms with Gasteiger partial charge in [-0.25, -0.2) is 4.21 Å². The van der Waals surface area contributed by atoms with E-state index in [1.54, 1.807) is 0 Å². The third-order valence-electron chi connectivity index (χ3n) is 0.613. The molecule has 0 aliphatic carbocycles. The van der Waals surface area contributed by atoms with Crippen LogP contribution in [0.25, 0.3) is 0 Å². The van der Waals surface area contributed by atoms with Crippen LogP contribution in [0, 0.1) is 0 Å². The van der Waals surface area contributed by atoms with Crippen LogP contribution < -0.4 is 0 Å². The highest BCUT2D eigenvalue weighted by atomic mass is 32.8. The predicted molar refractivity (Wildman–Crippen MR) is 39.6 cm³/mol. The summed E-state index contributed by atoms with van der Waals surface area (Å²) < 4.78 is 15.1. The molecule has 1 atom stereocenters. The summed E-state index contributed by atoms with van der Waals surface area (Å²) in [6.07, 6.45) is 1.08. The highest BCUT2D eigenvalue weighted by Crippen LogP contribution is 1.89. The quantitative estimate of drug-likeness (QED) is 0.653. The molecular weight excluding hydrogens is 176 g/mol. The molecule has 0 spiro atoms. The van der Waals surface area contributed by atoms with Gasteiger partial charge in [0.1, 0.15) is 8.77 Å². The largest absolute Gasteiger partial charge is 0.481 e. The Balaban J connectivity index is 3.49. The molecule has 4 nitrogen and oxygen atoms in total. The Morgan fingerprint density at radius 2 is 2.30 bits per heavy atom. The summed E-state index contributed by atoms with van der Waals surface area (Å²) >= 11 is 4.35. The lowest BCUT2D eigenvalue weighted by Gasteiger charge is -1.98. The van der Waals surface area contributed by atoms with Crippen molar-refractivity contribution in [2.45, 2.75) is 6.42 Å². The van der Waals surface area contributed by atoms with E-state index in [0.29, 0.717) is 0 Å². The Labute approximate surface area is 64.1 Å². The maximum Gasteiger partial charge on any atom is 0.305 e. The van der Waals surface area contributed by atoms with Crippen molar-refractivity contribution < 1.29 is 18.3 Å². The zero-order valence-electron chi connectivity index (χ0n) is 5.40. The lowest BCUT2D eigenvalue weighted by molar-refractivity contribution is -0.137. The second kappa shape index (κ2) is 3.85. The summed E-state index contributed by atoms with van der Waals surface area (Å²) in [6, 6.07) is 0. The molecule has 0 aromatic rings. The summed E-state index contributed by atoms with van der Waals surface area (Å²) in [5, 5.41) is 8.10. The lowest BCUT2D eigenvalue weighted by atomic mass is 10.5. The van der Waals surface area contributed by atoms with Crippen molar-refractivity contribution in [3.8, 4) is 0 Å². The highest BCUT2D eigenvalue weighted by molar-refractivity contribution is 8.29. The molecule has 0 aromatic heterocycles. The molecule has 0 amide bonds. The van der Waals surface area contributed by atoms with Crippen LogP contribution in [-0.4, -0.2) is 28.1 Å². The van der Waals surface area contributed by atoms with Crippen LogP contribution in [0.1, 0.15) is 6.42 Å². The molecule has 10 heavy (non-hydrogen) atoms. The molecule has 1 unspecified atom stereocenters. The van der Waals surface area contributed by atoms with E-state index in [1.807, 2.05) is 0 Å². The molecule has 0 aromatic carbocycles. The van der Waals surface area contributed by atoms with E-state index >= 15 is 0 Å². The molecule has 0 fully saturated rings. The minimum atomic E-state index is -2.65. The average molecular weight is 184 g/mol. The Bertz CT molecular complexity index is 205. The number of hydrogen-bond acceptors (Lipinski definition) is 4. The maximum absolute atomic E-state index is 10.6. The molecule has 0 saturated carbocycles. The van der Waals surface area contributed by atoms with E-state index in [-0.39, 0.29) is 13.0 Å². The average Bonchev–Trinajstić information content (AvgIpc) is 1.59. The van der Waals surface area contributed by atoms with Gasteiger partial charge in [0.25, 0.3) is 0 Å². The fourth-order valence-corrected chi connectivity index (χ4v) is 0.871. The molecule has 0 heterocycles. The monoisotopic (exact) mass is 184 g/mol. The van der Waals surface area contributed by atoms with Crippen LogP contribution in [-0.2, 0) is 28.9 Å². The zero-order chi connectivity index (χ0) is 8.20. The molecule has 1 N–H and O–H groups in total. The van der Waals surface area contributed by atoms with Gasteiger partial charge >= 0.3 is 5.97 Å². The highest BCUT2D eigenvalue weighted by Gasteiger charge is 2.00. The second-order valence-electron chi connectivity index (χ2n) is 1.67. The van der Waals surface area contributed by atoms with Gasteiger partial charge in [-0.15, -0.1) is 0 Å². The maximum atomic E-state index is 10.6. The van der Waals surface area contributed by atoms with E-state index < -0.39 is 14.7 Å². The number of carbonyl (C=O) groups is 1. The zero-order valence-corrected chi connectivity index (χ0v) is 7.04. The first-order valence-corrected chi connectivity index (χ1v) is 5.29. The van der Waals surface area contributed by atoms with Gasteiger partial charge in [-0.3, -0.25) is 8.98 Å². The molecule has 0 aliphatic heterocycles. The van der Waals surface area contributed by atoms with Crippen LogP contribution in [0.15, 0.2) is 0 Å². The van der Waals surface area contributed by atoms with Crippen molar-refractivity contribution in [1.29, 1.82) is 0 Å². The fraction of sp³-hybridized carbons (Fsp3) is 0.750. The summed E-state index contributed by atoms with van der Waals surface area (Å²) in [7, 11) is -2.65. The van der Waals surface area contributed by atoms with Crippen molar-refractivity contribution in [3.63, 3.8) is 0 Å². The molecule has 0 aliphatic rings. The molecule has 0 saturated heterocycles. The smallest absolute Gasteiger partial charge is 0.305 e. The Morgan fingerprint density at radius 1 is 1.80 bits per heavy atom. The minimum Gasteiger partial charge on any atom is -0.481 e. The third kappa shape index (κ3) is 7.80. The predicted octanol–water partition coefficient (Wildman–Crippen LogP) is -0.231. The second-order valence-corrected chi connectivity index (χ2v) is 5.13. The SMILES string of the molecule is CS(=O)(=S)OCCC(=O)O. The topological polar surface area (TPSA) is 63.6 Å². The van der Waals surface area contributed by atoms with Crippen molar-refractivity contribution in [3.05, 3.63) is 0 Å². The summed E-state index contributed by atoms with van der Waals surface area (Å²) in [5.74, 6) is -0.987. The Kier molecular flexibility index (Phi) is 3.77. The van der Waals surface area contributed by atoms with Gasteiger partial charge in [0, 0.05) is 17.4 Å². The van der Waals surface area contributed by atoms with Gasteiger partial charge in [0.15, 0.2) is 0 Å². The number of rotatable bonds is 4. The summed E-state index contributed by atoms with van der Waals surface area (Å²) in [5.41, 5.74) is 0. The first kappa shape index (κ1) is 9.80. The number of carboxylic acid groups (broad SMARTS) is 1. The van der Waals surface area contributed by atoms with E-state index in [1.165, 1.54) is 6.26 Å². The number of hydrogen-bond donors (Lipinski definition) is 1. The first-order valence-electron chi connectivity index (χ1n) is 2.48. The van der Waals surface area contributed by atoms with Crippen LogP contribution in [0.5, 0.6) is 0 Å². The van der Waals surface area contributed by atoms with Crippen LogP contribution >= 0.6 is 0 Å². The minimum absolute atomic E-state index is 0.0891. The van der Waals surface area contributed by atoms with Gasteiger partial charge in [0.05, 0.1) is 13.0 Å². The normalized spacial score (nSPS) is 16.1. The van der Waals surface area contributed by atoms with E-state index in [4.69, 9.17) is 5.11 Å². The van der Waals surface area contributed by atoms with Crippen LogP contribution in [0.4, 0.5) is 0 Å². The lowest BCUT2D eigenvalue weighted by Crippen LogP contribution is -2.06. The van der Waals surface area contributed by atoms with Crippen LogP contribution in [0.3, 0.4) is 0 Å². The van der Waals surface area contributed by atoms with Gasteiger partial charge in [-0.1, -0.05) is 0 Å². The molecule has 0 radical (unpaired) electrons. The van der Waals surface area contributed by atoms with Gasteiger partial charge < -0.3 is 5.11 Å². The van der Waals surface area contributed by atoms with Crippen molar-refractivity contribution in [1.82, 2.24) is 0 Å². The van der Waals surface area contributed by atoms with Gasteiger partial charge in [-0.05, 0) is 0 Å². The number of carboxylic acids is 1. The third-order valence-corrected chi connectivity index (χ3v) is 1.50. The molecule has 60 valence electrons. The summed E-state index contributed by atoms with van der Waals surface area (Å²) in [6.45, 7) is -0.0891. The standard InChI is InChI=1S/C4H8O4S2/c1-10(7,9)8-3-2-4(5)6/h2-3H2,1H3,(H,5,6). The van der Waals surface area contributed by atoms with E-state index in [9.17, 15) is 9.00 Å². The first-order chi connectivity index (χ1) is 4.42. The van der Waals surface area contributed by atoms with Crippen LogP contribution in [0.2, 0.25) is 0 Å². The number of aliphatic carboxylic acids is 1. The fourth-order valence-electron chi connectivity index (χ4n) is 0.280. The van der Waals surface area contributed by atoms with Crippen molar-refractivity contribution in [2.24, 2.45) is 0 Å². The Hall–Kier alpha value is -0.200. The van der Waals surface area contributed by atoms with Crippen molar-refractivity contribution in [2.75, 3.05) is 12.9 Å². The molecule has 6 heteroatoms.